The third-order valence-corrected chi connectivity index (χ3v) is 6.17. The summed E-state index contributed by atoms with van der Waals surface area (Å²) in [5.41, 5.74) is 6.55. The summed E-state index contributed by atoms with van der Waals surface area (Å²) in [6, 6.07) is 8.50. The Morgan fingerprint density at radius 3 is 3.03 bits per heavy atom. The average Bonchev–Trinajstić information content (AvgIpc) is 2.87. The minimum absolute atomic E-state index is 0.203. The minimum Gasteiger partial charge on any atom is -0.385 e. The van der Waals surface area contributed by atoms with Crippen molar-refractivity contribution in [3.05, 3.63) is 88.9 Å². The van der Waals surface area contributed by atoms with Crippen LogP contribution in [-0.2, 0) is 19.5 Å². The van der Waals surface area contributed by atoms with Crippen LogP contribution in [0.3, 0.4) is 0 Å². The van der Waals surface area contributed by atoms with Crippen molar-refractivity contribution in [3.63, 3.8) is 0 Å². The maximum atomic E-state index is 9.71. The molecule has 5 heterocycles. The first-order valence-corrected chi connectivity index (χ1v) is 11.4. The van der Waals surface area contributed by atoms with Crippen LogP contribution in [-0.4, -0.2) is 32.5 Å². The van der Waals surface area contributed by atoms with Crippen molar-refractivity contribution in [2.24, 2.45) is 0 Å². The van der Waals surface area contributed by atoms with Gasteiger partial charge in [0.15, 0.2) is 0 Å². The Hall–Kier alpha value is -4.25. The lowest BCUT2D eigenvalue weighted by molar-refractivity contribution is 0.699. The fourth-order valence-corrected chi connectivity index (χ4v) is 4.41. The van der Waals surface area contributed by atoms with Crippen LogP contribution in [0.1, 0.15) is 40.6 Å². The van der Waals surface area contributed by atoms with E-state index in [0.717, 1.165) is 47.8 Å². The Kier molecular flexibility index (Phi) is 5.91. The normalized spacial score (nSPS) is 16.8. The molecule has 0 bridgehead atoms. The molecule has 0 radical (unpaired) electrons. The van der Waals surface area contributed by atoms with E-state index in [1.165, 1.54) is 11.3 Å². The molecule has 34 heavy (non-hydrogen) atoms. The zero-order valence-corrected chi connectivity index (χ0v) is 19.3. The summed E-state index contributed by atoms with van der Waals surface area (Å²) in [6.07, 6.45) is 12.1. The number of rotatable bonds is 5. The summed E-state index contributed by atoms with van der Waals surface area (Å²) in [6.45, 7) is 6.27. The molecule has 0 fully saturated rings. The number of hydrogen-bond donors (Lipinski definition) is 2. The largest absolute Gasteiger partial charge is 0.385 e. The van der Waals surface area contributed by atoms with Gasteiger partial charge in [0.2, 0.25) is 0 Å². The van der Waals surface area contributed by atoms with E-state index in [4.69, 9.17) is 0 Å². The van der Waals surface area contributed by atoms with Crippen LogP contribution in [0, 0.1) is 18.3 Å². The molecule has 1 unspecified atom stereocenters. The zero-order chi connectivity index (χ0) is 23.5. The summed E-state index contributed by atoms with van der Waals surface area (Å²) in [5.74, 6) is 1.71. The van der Waals surface area contributed by atoms with Crippen LogP contribution >= 0.6 is 0 Å². The number of allylic oxidation sites excluding steroid dienone is 2. The number of nitrogens with one attached hydrogen (secondary N) is 2. The smallest absolute Gasteiger partial charge is 0.137 e. The first kappa shape index (κ1) is 21.6. The maximum absolute atomic E-state index is 9.71. The summed E-state index contributed by atoms with van der Waals surface area (Å²) in [4.78, 5) is 20.4. The van der Waals surface area contributed by atoms with Crippen LogP contribution < -0.4 is 15.5 Å². The highest BCUT2D eigenvalue weighted by molar-refractivity contribution is 5.76. The summed E-state index contributed by atoms with van der Waals surface area (Å²) in [5, 5.41) is 16.3. The third kappa shape index (κ3) is 4.33. The van der Waals surface area contributed by atoms with Gasteiger partial charge in [-0.25, -0.2) is 9.97 Å². The number of dihydropyridines is 1. The van der Waals surface area contributed by atoms with Gasteiger partial charge in [-0.3, -0.25) is 9.97 Å². The van der Waals surface area contributed by atoms with Gasteiger partial charge < -0.3 is 15.5 Å². The Labute approximate surface area is 199 Å². The molecule has 0 aliphatic carbocycles. The topological polar surface area (TPSA) is 103 Å². The number of nitriles is 1. The van der Waals surface area contributed by atoms with Crippen molar-refractivity contribution in [2.75, 3.05) is 16.8 Å². The monoisotopic (exact) mass is 450 g/mol. The molecular weight excluding hydrogens is 424 g/mol. The Morgan fingerprint density at radius 1 is 1.26 bits per heavy atom. The minimum atomic E-state index is 0.203. The van der Waals surface area contributed by atoms with Crippen molar-refractivity contribution in [1.29, 1.82) is 5.26 Å². The molecule has 0 amide bonds. The molecule has 2 N–H and O–H groups in total. The molecule has 8 nitrogen and oxygen atoms in total. The summed E-state index contributed by atoms with van der Waals surface area (Å²) >= 11 is 0. The molecule has 8 heteroatoms. The second kappa shape index (κ2) is 9.32. The van der Waals surface area contributed by atoms with Gasteiger partial charge in [-0.2, -0.15) is 5.26 Å². The van der Waals surface area contributed by atoms with Crippen molar-refractivity contribution in [1.82, 2.24) is 25.3 Å². The molecule has 2 aliphatic rings. The van der Waals surface area contributed by atoms with E-state index >= 15 is 0 Å². The average molecular weight is 451 g/mol. The molecule has 3 aromatic heterocycles. The van der Waals surface area contributed by atoms with Crippen LogP contribution in [0.15, 0.2) is 55.3 Å². The van der Waals surface area contributed by atoms with Crippen molar-refractivity contribution in [2.45, 2.75) is 39.4 Å². The number of nitrogens with zero attached hydrogens (tertiary/aromatic N) is 6. The second-order valence-electron chi connectivity index (χ2n) is 8.57. The van der Waals surface area contributed by atoms with E-state index in [1.807, 2.05) is 43.7 Å². The second-order valence-corrected chi connectivity index (χ2v) is 8.57. The highest BCUT2D eigenvalue weighted by atomic mass is 15.2. The predicted octanol–water partition coefficient (Wildman–Crippen LogP) is 3.51. The Bertz CT molecular complexity index is 1320. The predicted molar refractivity (Wildman–Crippen MR) is 132 cm³/mol. The van der Waals surface area contributed by atoms with E-state index in [9.17, 15) is 5.26 Å². The fraction of sp³-hybridized carbons (Fsp3) is 0.269. The third-order valence-electron chi connectivity index (χ3n) is 6.17. The van der Waals surface area contributed by atoms with Gasteiger partial charge in [0.25, 0.3) is 0 Å². The Morgan fingerprint density at radius 2 is 2.18 bits per heavy atom. The van der Waals surface area contributed by atoms with Crippen LogP contribution in [0.25, 0.3) is 5.57 Å². The summed E-state index contributed by atoms with van der Waals surface area (Å²) in [7, 11) is 0. The highest BCUT2D eigenvalue weighted by Crippen LogP contribution is 2.28. The number of fused-ring (bicyclic) bond motifs is 1. The van der Waals surface area contributed by atoms with Gasteiger partial charge in [-0.05, 0) is 49.4 Å². The molecule has 0 aromatic carbocycles. The fourth-order valence-electron chi connectivity index (χ4n) is 4.41. The Balaban J connectivity index is 1.32. The quantitative estimate of drug-likeness (QED) is 0.609. The highest BCUT2D eigenvalue weighted by Gasteiger charge is 2.21. The number of hydrogen-bond acceptors (Lipinski definition) is 8. The molecule has 0 saturated carbocycles. The van der Waals surface area contributed by atoms with Crippen molar-refractivity contribution in [3.8, 4) is 6.07 Å². The molecule has 170 valence electrons. The zero-order valence-electron chi connectivity index (χ0n) is 19.3. The molecule has 0 saturated heterocycles. The SMILES string of the molecule is Cc1c(NCc2cnc(C3=CC(C)NC=C3)c(C#N)c2)ncnc1N1CCc2ncccc2C1. The van der Waals surface area contributed by atoms with Gasteiger partial charge in [0.05, 0.1) is 11.3 Å². The first-order chi connectivity index (χ1) is 16.6. The van der Waals surface area contributed by atoms with Gasteiger partial charge >= 0.3 is 0 Å². The van der Waals surface area contributed by atoms with E-state index in [0.29, 0.717) is 17.8 Å². The molecule has 3 aromatic rings. The van der Waals surface area contributed by atoms with Crippen LogP contribution in [0.4, 0.5) is 11.6 Å². The lowest BCUT2D eigenvalue weighted by Crippen LogP contribution is -2.32. The summed E-state index contributed by atoms with van der Waals surface area (Å²) < 4.78 is 0. The van der Waals surface area contributed by atoms with Crippen molar-refractivity contribution < 1.29 is 0 Å². The van der Waals surface area contributed by atoms with Gasteiger partial charge in [0, 0.05) is 61.3 Å². The number of pyridine rings is 2. The molecule has 0 spiro atoms. The number of aromatic nitrogens is 4. The van der Waals surface area contributed by atoms with Gasteiger partial charge in [-0.1, -0.05) is 12.1 Å². The lowest BCUT2D eigenvalue weighted by Gasteiger charge is -2.30. The standard InChI is InChI=1S/C26H26N8/c1-17-10-20(5-8-28-17)24-22(12-27)11-19(13-30-24)14-31-25-18(2)26(33-16-32-25)34-9-6-23-21(15-34)4-3-7-29-23/h3-5,7-8,10-11,13,16-17,28H,6,9,14-15H2,1-2H3,(H,31,32,33). The van der Waals surface area contributed by atoms with E-state index in [2.05, 4.69) is 60.6 Å². The van der Waals surface area contributed by atoms with E-state index in [-0.39, 0.29) is 6.04 Å². The molecule has 1 atom stereocenters. The maximum Gasteiger partial charge on any atom is 0.137 e. The lowest BCUT2D eigenvalue weighted by atomic mass is 10.0. The van der Waals surface area contributed by atoms with Gasteiger partial charge in [-0.15, -0.1) is 0 Å². The van der Waals surface area contributed by atoms with E-state index < -0.39 is 0 Å². The molecule has 2 aliphatic heterocycles. The molecular formula is C26H26N8. The number of anilines is 2. The van der Waals surface area contributed by atoms with Crippen LogP contribution in [0.5, 0.6) is 0 Å². The van der Waals surface area contributed by atoms with Crippen LogP contribution in [0.2, 0.25) is 0 Å². The first-order valence-electron chi connectivity index (χ1n) is 11.4. The molecule has 5 rings (SSSR count). The van der Waals surface area contributed by atoms with Gasteiger partial charge in [0.1, 0.15) is 24.0 Å². The van der Waals surface area contributed by atoms with Crippen molar-refractivity contribution >= 4 is 17.2 Å². The van der Waals surface area contributed by atoms with E-state index in [1.54, 1.807) is 6.33 Å².